The van der Waals surface area contributed by atoms with Gasteiger partial charge in [-0.3, -0.25) is 5.43 Å². The Hall–Kier alpha value is -2.76. The Labute approximate surface area is 160 Å². The van der Waals surface area contributed by atoms with Crippen LogP contribution in [0.4, 0.5) is 5.82 Å². The molecule has 2 heterocycles. The van der Waals surface area contributed by atoms with Gasteiger partial charge in [-0.05, 0) is 36.2 Å². The summed E-state index contributed by atoms with van der Waals surface area (Å²) in [5.74, 6) is 1.42. The Morgan fingerprint density at radius 3 is 2.58 bits per heavy atom. The Morgan fingerprint density at radius 2 is 1.81 bits per heavy atom. The first-order valence-corrected chi connectivity index (χ1v) is 9.27. The molecule has 128 valence electrons. The maximum absolute atomic E-state index is 5.90. The van der Waals surface area contributed by atoms with Crippen LogP contribution in [0.1, 0.15) is 11.4 Å². The monoisotopic (exact) mass is 378 g/mol. The molecule has 0 atom stereocenters. The minimum absolute atomic E-state index is 0.704. The molecule has 0 amide bonds. The molecular formula is C20H15ClN4S. The lowest BCUT2D eigenvalue weighted by molar-refractivity contribution is 1.09. The highest BCUT2D eigenvalue weighted by molar-refractivity contribution is 7.21. The molecule has 2 aromatic heterocycles. The van der Waals surface area contributed by atoms with Crippen molar-refractivity contribution in [3.8, 4) is 10.4 Å². The summed E-state index contributed by atoms with van der Waals surface area (Å²) in [5, 5.41) is 5.98. The highest BCUT2D eigenvalue weighted by Crippen LogP contribution is 2.35. The van der Waals surface area contributed by atoms with Crippen LogP contribution in [-0.2, 0) is 0 Å². The number of thiophene rings is 1. The Morgan fingerprint density at radius 1 is 1.04 bits per heavy atom. The lowest BCUT2D eigenvalue weighted by Gasteiger charge is -2.02. The van der Waals surface area contributed by atoms with Crippen molar-refractivity contribution in [1.82, 2.24) is 9.97 Å². The largest absolute Gasteiger partial charge is 0.261 e. The van der Waals surface area contributed by atoms with E-state index in [9.17, 15) is 0 Å². The smallest absolute Gasteiger partial charge is 0.158 e. The van der Waals surface area contributed by atoms with Crippen LogP contribution >= 0.6 is 22.9 Å². The van der Waals surface area contributed by atoms with Gasteiger partial charge in [-0.25, -0.2) is 9.97 Å². The van der Waals surface area contributed by atoms with E-state index in [4.69, 9.17) is 11.6 Å². The molecule has 4 aromatic rings. The lowest BCUT2D eigenvalue weighted by atomic mass is 10.2. The second-order valence-corrected chi connectivity index (χ2v) is 7.20. The Kier molecular flexibility index (Phi) is 4.65. The fourth-order valence-electron chi connectivity index (χ4n) is 2.57. The molecule has 0 aliphatic heterocycles. The van der Waals surface area contributed by atoms with Crippen LogP contribution in [0.2, 0.25) is 5.02 Å². The molecule has 0 fully saturated rings. The number of rotatable bonds is 4. The number of hydrazone groups is 1. The highest BCUT2D eigenvalue weighted by atomic mass is 35.5. The summed E-state index contributed by atoms with van der Waals surface area (Å²) in [6, 6.07) is 19.9. The third-order valence-electron chi connectivity index (χ3n) is 3.82. The van der Waals surface area contributed by atoms with E-state index in [0.717, 1.165) is 20.7 Å². The van der Waals surface area contributed by atoms with Crippen molar-refractivity contribution in [2.45, 2.75) is 6.92 Å². The molecule has 0 saturated carbocycles. The van der Waals surface area contributed by atoms with Gasteiger partial charge in [0.25, 0.3) is 0 Å². The van der Waals surface area contributed by atoms with Gasteiger partial charge in [0.15, 0.2) is 5.82 Å². The van der Waals surface area contributed by atoms with Gasteiger partial charge in [0.1, 0.15) is 10.7 Å². The first-order chi connectivity index (χ1) is 12.7. The number of hydrogen-bond donors (Lipinski definition) is 1. The zero-order valence-electron chi connectivity index (χ0n) is 14.0. The van der Waals surface area contributed by atoms with Crippen LogP contribution in [0.5, 0.6) is 0 Å². The Balaban J connectivity index is 1.66. The van der Waals surface area contributed by atoms with Crippen molar-refractivity contribution in [1.29, 1.82) is 0 Å². The predicted molar refractivity (Wildman–Crippen MR) is 110 cm³/mol. The van der Waals surface area contributed by atoms with Crippen molar-refractivity contribution in [3.63, 3.8) is 0 Å². The molecule has 0 aliphatic carbocycles. The maximum Gasteiger partial charge on any atom is 0.158 e. The summed E-state index contributed by atoms with van der Waals surface area (Å²) in [6.45, 7) is 1.88. The fourth-order valence-corrected chi connectivity index (χ4v) is 3.78. The third-order valence-corrected chi connectivity index (χ3v) is 5.15. The standard InChI is InChI=1S/C20H15ClN4S/c1-13-23-19(25-22-12-14-7-9-16(21)10-8-14)17-11-18(26-20(17)24-13)15-5-3-2-4-6-15/h2-12H,1H3,(H,23,24,25)/b22-12-. The van der Waals surface area contributed by atoms with E-state index in [1.165, 1.54) is 5.56 Å². The van der Waals surface area contributed by atoms with Crippen LogP contribution in [0, 0.1) is 6.92 Å². The topological polar surface area (TPSA) is 50.2 Å². The molecule has 26 heavy (non-hydrogen) atoms. The molecule has 0 spiro atoms. The van der Waals surface area contributed by atoms with E-state index in [-0.39, 0.29) is 0 Å². The van der Waals surface area contributed by atoms with Crippen molar-refractivity contribution in [2.75, 3.05) is 5.43 Å². The second kappa shape index (κ2) is 7.23. The van der Waals surface area contributed by atoms with Gasteiger partial charge in [0, 0.05) is 9.90 Å². The summed E-state index contributed by atoms with van der Waals surface area (Å²) < 4.78 is 0. The van der Waals surface area contributed by atoms with Crippen LogP contribution in [0.25, 0.3) is 20.7 Å². The normalized spacial score (nSPS) is 11.3. The Bertz CT molecular complexity index is 1070. The molecular weight excluding hydrogens is 364 g/mol. The number of anilines is 1. The summed E-state index contributed by atoms with van der Waals surface area (Å²) in [5.41, 5.74) is 5.18. The van der Waals surface area contributed by atoms with Crippen LogP contribution in [0.3, 0.4) is 0 Å². The van der Waals surface area contributed by atoms with Gasteiger partial charge in [-0.15, -0.1) is 11.3 Å². The van der Waals surface area contributed by atoms with Gasteiger partial charge >= 0.3 is 0 Å². The molecule has 2 aromatic carbocycles. The van der Waals surface area contributed by atoms with Gasteiger partial charge in [0.2, 0.25) is 0 Å². The second-order valence-electron chi connectivity index (χ2n) is 5.74. The summed E-state index contributed by atoms with van der Waals surface area (Å²) in [4.78, 5) is 11.2. The van der Waals surface area contributed by atoms with E-state index < -0.39 is 0 Å². The minimum atomic E-state index is 0.704. The van der Waals surface area contributed by atoms with Crippen LogP contribution < -0.4 is 5.43 Å². The minimum Gasteiger partial charge on any atom is -0.261 e. The molecule has 0 bridgehead atoms. The van der Waals surface area contributed by atoms with E-state index in [2.05, 4.69) is 38.7 Å². The first kappa shape index (κ1) is 16.7. The SMILES string of the molecule is Cc1nc(N/N=C\c2ccc(Cl)cc2)c2cc(-c3ccccc3)sc2n1. The van der Waals surface area contributed by atoms with E-state index in [1.807, 2.05) is 49.4 Å². The van der Waals surface area contributed by atoms with Crippen molar-refractivity contribution < 1.29 is 0 Å². The quantitative estimate of drug-likeness (QED) is 0.362. The van der Waals surface area contributed by atoms with Crippen LogP contribution in [-0.4, -0.2) is 16.2 Å². The zero-order valence-corrected chi connectivity index (χ0v) is 15.6. The molecule has 0 unspecified atom stereocenters. The van der Waals surface area contributed by atoms with Gasteiger partial charge in [-0.1, -0.05) is 54.1 Å². The first-order valence-electron chi connectivity index (χ1n) is 8.07. The number of aromatic nitrogens is 2. The molecule has 4 rings (SSSR count). The summed E-state index contributed by atoms with van der Waals surface area (Å²) in [7, 11) is 0. The zero-order chi connectivity index (χ0) is 17.9. The molecule has 6 heteroatoms. The van der Waals surface area contributed by atoms with E-state index >= 15 is 0 Å². The van der Waals surface area contributed by atoms with Crippen molar-refractivity contribution in [2.24, 2.45) is 5.10 Å². The molecule has 1 N–H and O–H groups in total. The number of hydrogen-bond acceptors (Lipinski definition) is 5. The summed E-state index contributed by atoms with van der Waals surface area (Å²) in [6.07, 6.45) is 1.74. The van der Waals surface area contributed by atoms with Crippen molar-refractivity contribution >= 4 is 45.2 Å². The van der Waals surface area contributed by atoms with Crippen molar-refractivity contribution in [3.05, 3.63) is 77.1 Å². The number of halogens is 1. The van der Waals surface area contributed by atoms with Gasteiger partial charge in [0.05, 0.1) is 11.6 Å². The lowest BCUT2D eigenvalue weighted by Crippen LogP contribution is -1.97. The number of benzene rings is 2. The predicted octanol–water partition coefficient (Wildman–Crippen LogP) is 5.77. The number of nitrogens with zero attached hydrogens (tertiary/aromatic N) is 3. The highest BCUT2D eigenvalue weighted by Gasteiger charge is 2.11. The molecule has 0 radical (unpaired) electrons. The maximum atomic E-state index is 5.90. The molecule has 0 saturated heterocycles. The van der Waals surface area contributed by atoms with Crippen LogP contribution in [0.15, 0.2) is 65.8 Å². The third kappa shape index (κ3) is 3.59. The number of nitrogens with one attached hydrogen (secondary N) is 1. The van der Waals surface area contributed by atoms with Gasteiger partial charge in [-0.2, -0.15) is 5.10 Å². The summed E-state index contributed by atoms with van der Waals surface area (Å²) >= 11 is 7.55. The van der Waals surface area contributed by atoms with E-state index in [1.54, 1.807) is 17.6 Å². The van der Waals surface area contributed by atoms with E-state index in [0.29, 0.717) is 16.7 Å². The van der Waals surface area contributed by atoms with Gasteiger partial charge < -0.3 is 0 Å². The average molecular weight is 379 g/mol. The number of aryl methyl sites for hydroxylation is 1. The molecule has 0 aliphatic rings. The average Bonchev–Trinajstić information content (AvgIpc) is 3.08. The molecule has 4 nitrogen and oxygen atoms in total. The number of fused-ring (bicyclic) bond motifs is 1. The fraction of sp³-hybridized carbons (Fsp3) is 0.0500.